The summed E-state index contributed by atoms with van der Waals surface area (Å²) < 4.78 is 0. The van der Waals surface area contributed by atoms with E-state index in [4.69, 9.17) is 0 Å². The minimum Gasteiger partial charge on any atom is -0.299 e. The monoisotopic (exact) mass is 348 g/mol. The number of aryl methyl sites for hydroxylation is 1. The molecular weight excluding hydrogens is 320 g/mol. The van der Waals surface area contributed by atoms with Gasteiger partial charge in [-0.1, -0.05) is 60.2 Å². The molecule has 1 aliphatic rings. The Kier molecular flexibility index (Phi) is 6.03. The van der Waals surface area contributed by atoms with Gasteiger partial charge in [0, 0.05) is 5.92 Å². The fraction of sp³-hybridized carbons (Fsp3) is 0.417. The molecule has 0 saturated heterocycles. The summed E-state index contributed by atoms with van der Waals surface area (Å²) in [5.74, 6) is 0.253. The highest BCUT2D eigenvalue weighted by Crippen LogP contribution is 2.37. The predicted molar refractivity (Wildman–Crippen MR) is 105 cm³/mol. The summed E-state index contributed by atoms with van der Waals surface area (Å²) in [5.41, 5.74) is 3.62. The van der Waals surface area contributed by atoms with E-state index in [9.17, 15) is 9.59 Å². The molecule has 0 radical (unpaired) electrons. The fourth-order valence-electron chi connectivity index (χ4n) is 4.24. The van der Waals surface area contributed by atoms with Gasteiger partial charge in [0.15, 0.2) is 0 Å². The summed E-state index contributed by atoms with van der Waals surface area (Å²) in [6.07, 6.45) is 4.41. The number of carbonyl (C=O) groups excluding carboxylic acids is 2. The van der Waals surface area contributed by atoms with Crippen molar-refractivity contribution in [2.75, 3.05) is 0 Å². The summed E-state index contributed by atoms with van der Waals surface area (Å²) in [6, 6.07) is 18.7. The first kappa shape index (κ1) is 18.6. The molecule has 0 aromatic heterocycles. The van der Waals surface area contributed by atoms with Crippen molar-refractivity contribution in [3.05, 3.63) is 71.3 Å². The standard InChI is InChI=1S/C24H28O2/c1-17-7-6-8-19(15-17)16-23(18(2)25)24(26)22-13-11-21(12-14-22)20-9-4-3-5-10-20/h3-10,15,21-23H,11-14,16H2,1-2H3. The quantitative estimate of drug-likeness (QED) is 0.665. The van der Waals surface area contributed by atoms with Gasteiger partial charge in [-0.05, 0) is 63.0 Å². The first-order valence-electron chi connectivity index (χ1n) is 9.69. The molecule has 0 amide bonds. The molecule has 2 heteroatoms. The van der Waals surface area contributed by atoms with Gasteiger partial charge in [0.1, 0.15) is 11.6 Å². The van der Waals surface area contributed by atoms with Crippen molar-refractivity contribution in [1.82, 2.24) is 0 Å². The number of hydrogen-bond acceptors (Lipinski definition) is 2. The zero-order valence-electron chi connectivity index (χ0n) is 15.8. The normalized spacial score (nSPS) is 21.2. The van der Waals surface area contributed by atoms with Gasteiger partial charge in [0.05, 0.1) is 5.92 Å². The molecule has 2 aromatic carbocycles. The summed E-state index contributed by atoms with van der Waals surface area (Å²) in [6.45, 7) is 3.60. The summed E-state index contributed by atoms with van der Waals surface area (Å²) in [5, 5.41) is 0. The molecule has 2 nitrogen and oxygen atoms in total. The van der Waals surface area contributed by atoms with Gasteiger partial charge in [0.2, 0.25) is 0 Å². The largest absolute Gasteiger partial charge is 0.299 e. The highest BCUT2D eigenvalue weighted by atomic mass is 16.1. The Balaban J connectivity index is 1.64. The fourth-order valence-corrected chi connectivity index (χ4v) is 4.24. The third-order valence-corrected chi connectivity index (χ3v) is 5.76. The molecule has 26 heavy (non-hydrogen) atoms. The van der Waals surface area contributed by atoms with Gasteiger partial charge in [0.25, 0.3) is 0 Å². The van der Waals surface area contributed by atoms with Crippen molar-refractivity contribution in [1.29, 1.82) is 0 Å². The smallest absolute Gasteiger partial charge is 0.146 e. The highest BCUT2D eigenvalue weighted by Gasteiger charge is 2.33. The molecule has 0 spiro atoms. The van der Waals surface area contributed by atoms with Gasteiger partial charge in [-0.3, -0.25) is 9.59 Å². The van der Waals surface area contributed by atoms with Crippen molar-refractivity contribution in [3.8, 4) is 0 Å². The number of rotatable bonds is 6. The van der Waals surface area contributed by atoms with Crippen LogP contribution in [0.1, 0.15) is 55.2 Å². The van der Waals surface area contributed by atoms with E-state index >= 15 is 0 Å². The minimum atomic E-state index is -0.491. The van der Waals surface area contributed by atoms with E-state index < -0.39 is 5.92 Å². The molecule has 1 aliphatic carbocycles. The van der Waals surface area contributed by atoms with E-state index in [0.717, 1.165) is 31.2 Å². The van der Waals surface area contributed by atoms with Crippen LogP contribution in [0.5, 0.6) is 0 Å². The zero-order chi connectivity index (χ0) is 18.5. The Morgan fingerprint density at radius 2 is 1.65 bits per heavy atom. The number of carbonyl (C=O) groups is 2. The van der Waals surface area contributed by atoms with Gasteiger partial charge >= 0.3 is 0 Å². The highest BCUT2D eigenvalue weighted by molar-refractivity contribution is 6.02. The molecule has 0 heterocycles. The van der Waals surface area contributed by atoms with Gasteiger partial charge < -0.3 is 0 Å². The van der Waals surface area contributed by atoms with Crippen molar-refractivity contribution < 1.29 is 9.59 Å². The van der Waals surface area contributed by atoms with Crippen molar-refractivity contribution in [2.45, 2.75) is 51.9 Å². The van der Waals surface area contributed by atoms with Crippen LogP contribution in [0.3, 0.4) is 0 Å². The summed E-state index contributed by atoms with van der Waals surface area (Å²) in [7, 11) is 0. The van der Waals surface area contributed by atoms with Crippen LogP contribution >= 0.6 is 0 Å². The van der Waals surface area contributed by atoms with E-state index in [0.29, 0.717) is 12.3 Å². The molecular formula is C24H28O2. The van der Waals surface area contributed by atoms with E-state index in [1.165, 1.54) is 11.1 Å². The lowest BCUT2D eigenvalue weighted by molar-refractivity contribution is -0.134. The summed E-state index contributed by atoms with van der Waals surface area (Å²) in [4.78, 5) is 25.2. The molecule has 0 aliphatic heterocycles. The Hall–Kier alpha value is -2.22. The minimum absolute atomic E-state index is 0.00156. The second-order valence-electron chi connectivity index (χ2n) is 7.72. The van der Waals surface area contributed by atoms with E-state index in [-0.39, 0.29) is 17.5 Å². The first-order chi connectivity index (χ1) is 12.5. The first-order valence-corrected chi connectivity index (χ1v) is 9.69. The molecule has 1 unspecified atom stereocenters. The Morgan fingerprint density at radius 1 is 0.962 bits per heavy atom. The lowest BCUT2D eigenvalue weighted by atomic mass is 9.73. The number of benzene rings is 2. The van der Waals surface area contributed by atoms with Crippen LogP contribution in [0.15, 0.2) is 54.6 Å². The van der Waals surface area contributed by atoms with Gasteiger partial charge in [-0.25, -0.2) is 0 Å². The van der Waals surface area contributed by atoms with Crippen LogP contribution in [0.2, 0.25) is 0 Å². The van der Waals surface area contributed by atoms with E-state index in [1.54, 1.807) is 6.92 Å². The lowest BCUT2D eigenvalue weighted by Crippen LogP contribution is -2.32. The summed E-state index contributed by atoms with van der Waals surface area (Å²) >= 11 is 0. The van der Waals surface area contributed by atoms with Crippen LogP contribution in [0.25, 0.3) is 0 Å². The van der Waals surface area contributed by atoms with Gasteiger partial charge in [-0.15, -0.1) is 0 Å². The Bertz CT molecular complexity index is 755. The molecule has 1 atom stereocenters. The molecule has 3 rings (SSSR count). The van der Waals surface area contributed by atoms with Crippen LogP contribution in [-0.4, -0.2) is 11.6 Å². The maximum absolute atomic E-state index is 13.1. The van der Waals surface area contributed by atoms with E-state index in [2.05, 4.69) is 30.3 Å². The molecule has 0 N–H and O–H groups in total. The van der Waals surface area contributed by atoms with Crippen molar-refractivity contribution in [3.63, 3.8) is 0 Å². The maximum Gasteiger partial charge on any atom is 0.146 e. The van der Waals surface area contributed by atoms with Crippen LogP contribution in [0.4, 0.5) is 0 Å². The van der Waals surface area contributed by atoms with Crippen molar-refractivity contribution in [2.24, 2.45) is 11.8 Å². The van der Waals surface area contributed by atoms with E-state index in [1.807, 2.05) is 31.2 Å². The molecule has 2 aromatic rings. The number of ketones is 2. The third kappa shape index (κ3) is 4.49. The van der Waals surface area contributed by atoms with Crippen molar-refractivity contribution >= 4 is 11.6 Å². The van der Waals surface area contributed by atoms with Crippen LogP contribution in [0, 0.1) is 18.8 Å². The maximum atomic E-state index is 13.1. The second kappa shape index (κ2) is 8.44. The van der Waals surface area contributed by atoms with Crippen LogP contribution < -0.4 is 0 Å². The molecule has 1 fully saturated rings. The molecule has 0 bridgehead atoms. The SMILES string of the molecule is CC(=O)C(Cc1cccc(C)c1)C(=O)C1CCC(c2ccccc2)CC1. The van der Waals surface area contributed by atoms with Gasteiger partial charge in [-0.2, -0.15) is 0 Å². The average molecular weight is 348 g/mol. The Labute approximate surface area is 156 Å². The molecule has 136 valence electrons. The zero-order valence-corrected chi connectivity index (χ0v) is 15.8. The predicted octanol–water partition coefficient (Wildman–Crippen LogP) is 5.29. The number of Topliss-reactive ketones (excluding diaryl/α,β-unsaturated/α-hetero) is 2. The average Bonchev–Trinajstić information content (AvgIpc) is 2.66. The van der Waals surface area contributed by atoms with Crippen LogP contribution in [-0.2, 0) is 16.0 Å². The molecule has 1 saturated carbocycles. The number of hydrogen-bond donors (Lipinski definition) is 0. The third-order valence-electron chi connectivity index (χ3n) is 5.76. The lowest BCUT2D eigenvalue weighted by Gasteiger charge is -2.29. The second-order valence-corrected chi connectivity index (χ2v) is 7.72. The topological polar surface area (TPSA) is 34.1 Å². The Morgan fingerprint density at radius 3 is 2.27 bits per heavy atom.